The van der Waals surface area contributed by atoms with Crippen molar-refractivity contribution in [1.29, 1.82) is 0 Å². The molecule has 18 heavy (non-hydrogen) atoms. The van der Waals surface area contributed by atoms with Gasteiger partial charge in [-0.1, -0.05) is 11.6 Å². The van der Waals surface area contributed by atoms with Crippen LogP contribution < -0.4 is 11.1 Å². The maximum Gasteiger partial charge on any atom is 0.251 e. The van der Waals surface area contributed by atoms with E-state index in [1.54, 1.807) is 18.2 Å². The van der Waals surface area contributed by atoms with Gasteiger partial charge in [0.15, 0.2) is 0 Å². The van der Waals surface area contributed by atoms with E-state index in [1.807, 2.05) is 0 Å². The fraction of sp³-hybridized carbons (Fsp3) is 0.462. The van der Waals surface area contributed by atoms with Gasteiger partial charge in [-0.15, -0.1) is 0 Å². The number of carbonyl (C=O) groups excluding carboxylic acids is 1. The van der Waals surface area contributed by atoms with Gasteiger partial charge >= 0.3 is 0 Å². The van der Waals surface area contributed by atoms with Gasteiger partial charge < -0.3 is 15.8 Å². The summed E-state index contributed by atoms with van der Waals surface area (Å²) in [7, 11) is 0. The zero-order chi connectivity index (χ0) is 13.0. The summed E-state index contributed by atoms with van der Waals surface area (Å²) in [5.41, 5.74) is 6.62. The summed E-state index contributed by atoms with van der Waals surface area (Å²) in [4.78, 5) is 11.8. The maximum absolute atomic E-state index is 11.8. The zero-order valence-corrected chi connectivity index (χ0v) is 10.9. The number of nitrogen functional groups attached to an aromatic ring is 1. The molecule has 0 aliphatic carbocycles. The summed E-state index contributed by atoms with van der Waals surface area (Å²) < 4.78 is 5.28. The molecule has 0 bridgehead atoms. The highest BCUT2D eigenvalue weighted by atomic mass is 35.5. The van der Waals surface area contributed by atoms with E-state index in [-0.39, 0.29) is 5.91 Å². The third-order valence-electron chi connectivity index (χ3n) is 3.12. The first kappa shape index (κ1) is 13.2. The molecule has 0 saturated carbocycles. The number of ether oxygens (including phenoxy) is 1. The number of anilines is 1. The number of benzene rings is 1. The van der Waals surface area contributed by atoms with Gasteiger partial charge in [0.25, 0.3) is 5.91 Å². The molecule has 2 rings (SSSR count). The molecule has 1 aliphatic heterocycles. The Balaban J connectivity index is 1.81. The van der Waals surface area contributed by atoms with Gasteiger partial charge in [-0.25, -0.2) is 0 Å². The van der Waals surface area contributed by atoms with Crippen LogP contribution in [0.15, 0.2) is 18.2 Å². The lowest BCUT2D eigenvalue weighted by Gasteiger charge is -2.09. The molecule has 1 heterocycles. The summed E-state index contributed by atoms with van der Waals surface area (Å²) in [5, 5.41) is 3.29. The van der Waals surface area contributed by atoms with Crippen LogP contribution in [0, 0.1) is 5.92 Å². The number of carbonyl (C=O) groups is 1. The minimum Gasteiger partial charge on any atom is -0.398 e. The number of halogens is 1. The van der Waals surface area contributed by atoms with Gasteiger partial charge in [-0.05, 0) is 37.0 Å². The van der Waals surface area contributed by atoms with Crippen molar-refractivity contribution in [2.24, 2.45) is 5.92 Å². The molecule has 1 saturated heterocycles. The van der Waals surface area contributed by atoms with Crippen molar-refractivity contribution >= 4 is 23.2 Å². The van der Waals surface area contributed by atoms with Gasteiger partial charge in [0, 0.05) is 25.3 Å². The molecule has 5 heteroatoms. The van der Waals surface area contributed by atoms with E-state index < -0.39 is 0 Å². The molecule has 1 aromatic rings. The quantitative estimate of drug-likeness (QED) is 0.822. The Labute approximate surface area is 111 Å². The van der Waals surface area contributed by atoms with Gasteiger partial charge in [-0.2, -0.15) is 0 Å². The van der Waals surface area contributed by atoms with Gasteiger partial charge in [0.1, 0.15) is 0 Å². The van der Waals surface area contributed by atoms with Crippen molar-refractivity contribution in [3.8, 4) is 0 Å². The van der Waals surface area contributed by atoms with E-state index in [2.05, 4.69) is 5.32 Å². The highest BCUT2D eigenvalue weighted by Gasteiger charge is 2.15. The zero-order valence-electron chi connectivity index (χ0n) is 10.1. The Morgan fingerprint density at radius 1 is 1.56 bits per heavy atom. The average molecular weight is 269 g/mol. The van der Waals surface area contributed by atoms with Crippen LogP contribution in [-0.4, -0.2) is 25.7 Å². The highest BCUT2D eigenvalue weighted by Crippen LogP contribution is 2.19. The molecule has 1 aromatic carbocycles. The number of rotatable bonds is 4. The van der Waals surface area contributed by atoms with Crippen LogP contribution >= 0.6 is 11.6 Å². The molecule has 98 valence electrons. The van der Waals surface area contributed by atoms with Crippen LogP contribution in [0.5, 0.6) is 0 Å². The molecule has 1 unspecified atom stereocenters. The van der Waals surface area contributed by atoms with Gasteiger partial charge in [-0.3, -0.25) is 4.79 Å². The molecular weight excluding hydrogens is 252 g/mol. The Morgan fingerprint density at radius 3 is 3.06 bits per heavy atom. The van der Waals surface area contributed by atoms with Gasteiger partial charge in [0.05, 0.1) is 10.7 Å². The smallest absolute Gasteiger partial charge is 0.251 e. The van der Waals surface area contributed by atoms with Crippen LogP contribution in [-0.2, 0) is 4.74 Å². The first-order chi connectivity index (χ1) is 8.66. The maximum atomic E-state index is 11.8. The van der Waals surface area contributed by atoms with E-state index in [0.717, 1.165) is 26.1 Å². The van der Waals surface area contributed by atoms with Crippen molar-refractivity contribution in [2.75, 3.05) is 25.5 Å². The molecule has 0 aromatic heterocycles. The topological polar surface area (TPSA) is 64.4 Å². The van der Waals surface area contributed by atoms with Crippen molar-refractivity contribution in [3.05, 3.63) is 28.8 Å². The number of nitrogens with one attached hydrogen (secondary N) is 1. The molecule has 0 spiro atoms. The van der Waals surface area contributed by atoms with Crippen molar-refractivity contribution < 1.29 is 9.53 Å². The summed E-state index contributed by atoms with van der Waals surface area (Å²) >= 11 is 5.87. The Kier molecular flexibility index (Phi) is 4.44. The predicted octanol–water partition coefficient (Wildman–Crippen LogP) is 2.08. The SMILES string of the molecule is Nc1ccc(C(=O)NCCC2CCOC2)cc1Cl. The number of nitrogens with two attached hydrogens (primary N) is 1. The number of hydrogen-bond acceptors (Lipinski definition) is 3. The predicted molar refractivity (Wildman–Crippen MR) is 71.7 cm³/mol. The Morgan fingerprint density at radius 2 is 2.39 bits per heavy atom. The van der Waals surface area contributed by atoms with Crippen molar-refractivity contribution in [3.63, 3.8) is 0 Å². The standard InChI is InChI=1S/C13H17ClN2O2/c14-11-7-10(1-2-12(11)15)13(17)16-5-3-9-4-6-18-8-9/h1-2,7,9H,3-6,8,15H2,(H,16,17). The van der Waals surface area contributed by atoms with Crippen molar-refractivity contribution in [2.45, 2.75) is 12.8 Å². The molecule has 4 nitrogen and oxygen atoms in total. The number of hydrogen-bond donors (Lipinski definition) is 2. The van der Waals surface area contributed by atoms with Crippen LogP contribution in [0.25, 0.3) is 0 Å². The van der Waals surface area contributed by atoms with Crippen LogP contribution in [0.2, 0.25) is 5.02 Å². The summed E-state index contributed by atoms with van der Waals surface area (Å²) in [6.45, 7) is 2.31. The molecule has 3 N–H and O–H groups in total. The second kappa shape index (κ2) is 6.07. The molecule has 1 atom stereocenters. The average Bonchev–Trinajstić information content (AvgIpc) is 2.85. The number of amides is 1. The second-order valence-electron chi connectivity index (χ2n) is 4.51. The Hall–Kier alpha value is -1.26. The second-order valence-corrected chi connectivity index (χ2v) is 4.92. The largest absolute Gasteiger partial charge is 0.398 e. The molecule has 1 aliphatic rings. The van der Waals surface area contributed by atoms with Crippen LogP contribution in [0.3, 0.4) is 0 Å². The van der Waals surface area contributed by atoms with Crippen LogP contribution in [0.4, 0.5) is 5.69 Å². The minimum absolute atomic E-state index is 0.115. The minimum atomic E-state index is -0.115. The fourth-order valence-electron chi connectivity index (χ4n) is 1.97. The van der Waals surface area contributed by atoms with E-state index in [9.17, 15) is 4.79 Å². The lowest BCUT2D eigenvalue weighted by molar-refractivity contribution is 0.0950. The lowest BCUT2D eigenvalue weighted by Crippen LogP contribution is -2.26. The van der Waals surface area contributed by atoms with E-state index in [4.69, 9.17) is 22.1 Å². The monoisotopic (exact) mass is 268 g/mol. The summed E-state index contributed by atoms with van der Waals surface area (Å²) in [6, 6.07) is 4.90. The summed E-state index contributed by atoms with van der Waals surface area (Å²) in [6.07, 6.45) is 2.04. The highest BCUT2D eigenvalue weighted by molar-refractivity contribution is 6.33. The molecule has 1 amide bonds. The molecular formula is C13H17ClN2O2. The third-order valence-corrected chi connectivity index (χ3v) is 3.45. The first-order valence-electron chi connectivity index (χ1n) is 6.08. The molecule has 0 radical (unpaired) electrons. The Bertz CT molecular complexity index is 431. The van der Waals surface area contributed by atoms with Gasteiger partial charge in [0.2, 0.25) is 0 Å². The lowest BCUT2D eigenvalue weighted by atomic mass is 10.1. The van der Waals surface area contributed by atoms with E-state index in [1.165, 1.54) is 0 Å². The van der Waals surface area contributed by atoms with E-state index in [0.29, 0.717) is 28.7 Å². The normalized spacial score (nSPS) is 18.8. The first-order valence-corrected chi connectivity index (χ1v) is 6.45. The fourth-order valence-corrected chi connectivity index (χ4v) is 2.15. The molecule has 1 fully saturated rings. The van der Waals surface area contributed by atoms with E-state index >= 15 is 0 Å². The summed E-state index contributed by atoms with van der Waals surface area (Å²) in [5.74, 6) is 0.455. The van der Waals surface area contributed by atoms with Crippen LogP contribution in [0.1, 0.15) is 23.2 Å². The third kappa shape index (κ3) is 3.37. The van der Waals surface area contributed by atoms with Crippen molar-refractivity contribution in [1.82, 2.24) is 5.32 Å².